The van der Waals surface area contributed by atoms with Gasteiger partial charge in [0.15, 0.2) is 5.82 Å². The first-order chi connectivity index (χ1) is 9.11. The van der Waals surface area contributed by atoms with Gasteiger partial charge >= 0.3 is 0 Å². The number of hydrogen-bond donors (Lipinski definition) is 2. The lowest BCUT2D eigenvalue weighted by molar-refractivity contribution is -0.119. The normalized spacial score (nSPS) is 10.5. The Labute approximate surface area is 115 Å². The van der Waals surface area contributed by atoms with E-state index in [1.807, 2.05) is 25.1 Å². The van der Waals surface area contributed by atoms with Gasteiger partial charge in [-0.05, 0) is 24.6 Å². The summed E-state index contributed by atoms with van der Waals surface area (Å²) in [7, 11) is 1.47. The molecular weight excluding hydrogens is 266 g/mol. The largest absolute Gasteiger partial charge is 0.375 e. The van der Waals surface area contributed by atoms with Crippen LogP contribution in [0.4, 0.5) is 5.82 Å². The van der Waals surface area contributed by atoms with E-state index in [4.69, 9.17) is 16.3 Å². The molecule has 0 aliphatic carbocycles. The molecule has 5 nitrogen and oxygen atoms in total. The fourth-order valence-corrected chi connectivity index (χ4v) is 2.01. The smallest absolute Gasteiger partial charge is 0.251 e. The van der Waals surface area contributed by atoms with Gasteiger partial charge in [0, 0.05) is 23.4 Å². The van der Waals surface area contributed by atoms with Gasteiger partial charge in [0.2, 0.25) is 0 Å². The molecule has 0 aliphatic rings. The number of halogens is 1. The summed E-state index contributed by atoms with van der Waals surface area (Å²) in [6.45, 7) is 1.87. The molecule has 19 heavy (non-hydrogen) atoms. The average Bonchev–Trinajstić information content (AvgIpc) is 2.70. The van der Waals surface area contributed by atoms with Crippen LogP contribution >= 0.6 is 11.6 Å². The van der Waals surface area contributed by atoms with E-state index in [0.29, 0.717) is 10.8 Å². The number of aryl methyl sites for hydroxylation is 1. The number of nitrogens with one attached hydrogen (secondary N) is 2. The van der Waals surface area contributed by atoms with Gasteiger partial charge in [0.05, 0.1) is 0 Å². The van der Waals surface area contributed by atoms with E-state index in [1.165, 1.54) is 7.11 Å². The fraction of sp³-hybridized carbons (Fsp3) is 0.231. The van der Waals surface area contributed by atoms with Crippen molar-refractivity contribution in [3.05, 3.63) is 35.0 Å². The summed E-state index contributed by atoms with van der Waals surface area (Å²) in [5.74, 6) is 0.221. The number of benzene rings is 1. The summed E-state index contributed by atoms with van der Waals surface area (Å²) in [4.78, 5) is 11.6. The Morgan fingerprint density at radius 3 is 3.00 bits per heavy atom. The number of aromatic amines is 1. The van der Waals surface area contributed by atoms with E-state index < -0.39 is 0 Å². The Morgan fingerprint density at radius 1 is 1.53 bits per heavy atom. The molecular formula is C13H14ClN3O2. The van der Waals surface area contributed by atoms with Crippen LogP contribution < -0.4 is 5.32 Å². The molecule has 0 radical (unpaired) electrons. The Morgan fingerprint density at radius 2 is 2.32 bits per heavy atom. The highest BCUT2D eigenvalue weighted by atomic mass is 35.5. The lowest BCUT2D eigenvalue weighted by Gasteiger charge is -2.06. The van der Waals surface area contributed by atoms with Crippen LogP contribution in [-0.2, 0) is 9.53 Å². The fourth-order valence-electron chi connectivity index (χ4n) is 1.82. The monoisotopic (exact) mass is 279 g/mol. The second-order valence-electron chi connectivity index (χ2n) is 4.06. The van der Waals surface area contributed by atoms with Crippen molar-refractivity contribution in [1.29, 1.82) is 0 Å². The molecule has 0 saturated heterocycles. The second kappa shape index (κ2) is 5.86. The first-order valence-electron chi connectivity index (χ1n) is 5.71. The number of H-pyrrole nitrogens is 1. The minimum absolute atomic E-state index is 0.0130. The number of anilines is 1. The van der Waals surface area contributed by atoms with Gasteiger partial charge in [-0.15, -0.1) is 0 Å². The quantitative estimate of drug-likeness (QED) is 0.904. The summed E-state index contributed by atoms with van der Waals surface area (Å²) < 4.78 is 4.78. The van der Waals surface area contributed by atoms with Gasteiger partial charge in [0.25, 0.3) is 5.91 Å². The molecule has 1 heterocycles. The molecule has 1 aromatic carbocycles. The molecule has 0 atom stereocenters. The lowest BCUT2D eigenvalue weighted by Crippen LogP contribution is -2.17. The van der Waals surface area contributed by atoms with Crippen molar-refractivity contribution in [2.75, 3.05) is 19.0 Å². The van der Waals surface area contributed by atoms with Crippen molar-refractivity contribution in [3.63, 3.8) is 0 Å². The average molecular weight is 280 g/mol. The molecule has 0 spiro atoms. The molecule has 2 rings (SSSR count). The summed E-state index contributed by atoms with van der Waals surface area (Å²) in [6, 6.07) is 7.38. The summed E-state index contributed by atoms with van der Waals surface area (Å²) in [5.41, 5.74) is 2.58. The van der Waals surface area contributed by atoms with E-state index in [1.54, 1.807) is 6.07 Å². The number of amides is 1. The number of nitrogens with zero attached hydrogens (tertiary/aromatic N) is 1. The molecule has 0 unspecified atom stereocenters. The zero-order chi connectivity index (χ0) is 13.8. The van der Waals surface area contributed by atoms with Gasteiger partial charge in [0.1, 0.15) is 6.61 Å². The number of aromatic nitrogens is 2. The Kier molecular flexibility index (Phi) is 4.19. The van der Waals surface area contributed by atoms with Crippen LogP contribution in [0.1, 0.15) is 5.69 Å². The maximum absolute atomic E-state index is 11.6. The Balaban J connectivity index is 2.35. The van der Waals surface area contributed by atoms with E-state index in [-0.39, 0.29) is 12.5 Å². The van der Waals surface area contributed by atoms with Crippen molar-refractivity contribution in [2.24, 2.45) is 0 Å². The summed E-state index contributed by atoms with van der Waals surface area (Å²) in [6.07, 6.45) is 0. The van der Waals surface area contributed by atoms with Gasteiger partial charge < -0.3 is 10.1 Å². The van der Waals surface area contributed by atoms with Crippen LogP contribution in [0, 0.1) is 6.92 Å². The van der Waals surface area contributed by atoms with Crippen molar-refractivity contribution < 1.29 is 9.53 Å². The van der Waals surface area contributed by atoms with Crippen LogP contribution in [0.15, 0.2) is 24.3 Å². The molecule has 1 amide bonds. The molecule has 100 valence electrons. The lowest BCUT2D eigenvalue weighted by atomic mass is 10.1. The highest BCUT2D eigenvalue weighted by molar-refractivity contribution is 6.30. The SMILES string of the molecule is COCC(=O)Nc1n[nH]c(C)c1-c1cccc(Cl)c1. The molecule has 6 heteroatoms. The number of carbonyl (C=O) groups excluding carboxylic acids is 1. The van der Waals surface area contributed by atoms with Crippen molar-refractivity contribution in [1.82, 2.24) is 10.2 Å². The molecule has 2 aromatic rings. The van der Waals surface area contributed by atoms with Crippen LogP contribution in [0.3, 0.4) is 0 Å². The summed E-state index contributed by atoms with van der Waals surface area (Å²) in [5, 5.41) is 10.3. The van der Waals surface area contributed by atoms with Gasteiger partial charge in [-0.3, -0.25) is 9.89 Å². The zero-order valence-electron chi connectivity index (χ0n) is 10.7. The molecule has 2 N–H and O–H groups in total. The summed E-state index contributed by atoms with van der Waals surface area (Å²) >= 11 is 5.98. The third kappa shape index (κ3) is 3.13. The predicted molar refractivity (Wildman–Crippen MR) is 74.3 cm³/mol. The van der Waals surface area contributed by atoms with Gasteiger partial charge in [-0.2, -0.15) is 5.10 Å². The second-order valence-corrected chi connectivity index (χ2v) is 4.50. The molecule has 0 fully saturated rings. The molecule has 0 aliphatic heterocycles. The third-order valence-electron chi connectivity index (χ3n) is 2.59. The van der Waals surface area contributed by atoms with Crippen LogP contribution in [0.5, 0.6) is 0 Å². The first kappa shape index (κ1) is 13.6. The molecule has 0 saturated carbocycles. The van der Waals surface area contributed by atoms with Crippen molar-refractivity contribution >= 4 is 23.3 Å². The zero-order valence-corrected chi connectivity index (χ0v) is 11.4. The van der Waals surface area contributed by atoms with Gasteiger partial charge in [-0.25, -0.2) is 0 Å². The number of ether oxygens (including phenoxy) is 1. The van der Waals surface area contributed by atoms with Crippen LogP contribution in [0.2, 0.25) is 5.02 Å². The highest BCUT2D eigenvalue weighted by Crippen LogP contribution is 2.30. The first-order valence-corrected chi connectivity index (χ1v) is 6.09. The number of methoxy groups -OCH3 is 1. The van der Waals surface area contributed by atoms with Crippen molar-refractivity contribution in [3.8, 4) is 11.1 Å². The molecule has 1 aromatic heterocycles. The maximum Gasteiger partial charge on any atom is 0.251 e. The standard InChI is InChI=1S/C13H14ClN3O2/c1-8-12(9-4-3-5-10(14)6-9)13(17-16-8)15-11(18)7-19-2/h3-6H,7H2,1-2H3,(H2,15,16,17,18). The molecule has 0 bridgehead atoms. The van der Waals surface area contributed by atoms with Crippen molar-refractivity contribution in [2.45, 2.75) is 6.92 Å². The number of rotatable bonds is 4. The Bertz CT molecular complexity index is 595. The third-order valence-corrected chi connectivity index (χ3v) is 2.83. The minimum Gasteiger partial charge on any atom is -0.375 e. The minimum atomic E-state index is -0.253. The number of carbonyl (C=O) groups is 1. The Hall–Kier alpha value is -1.85. The van der Waals surface area contributed by atoms with Crippen LogP contribution in [-0.4, -0.2) is 29.8 Å². The van der Waals surface area contributed by atoms with E-state index in [9.17, 15) is 4.79 Å². The maximum atomic E-state index is 11.6. The van der Waals surface area contributed by atoms with Gasteiger partial charge in [-0.1, -0.05) is 23.7 Å². The predicted octanol–water partition coefficient (Wildman–Crippen LogP) is 2.62. The van der Waals surface area contributed by atoms with E-state index in [2.05, 4.69) is 15.5 Å². The van der Waals surface area contributed by atoms with Crippen LogP contribution in [0.25, 0.3) is 11.1 Å². The van der Waals surface area contributed by atoms with E-state index >= 15 is 0 Å². The topological polar surface area (TPSA) is 67.0 Å². The van der Waals surface area contributed by atoms with E-state index in [0.717, 1.165) is 16.8 Å². The highest BCUT2D eigenvalue weighted by Gasteiger charge is 2.14. The number of hydrogen-bond acceptors (Lipinski definition) is 3.